The van der Waals surface area contributed by atoms with Crippen LogP contribution >= 0.6 is 11.6 Å². The topological polar surface area (TPSA) is 55.1 Å². The number of aromatic nitrogens is 2. The molecule has 0 aliphatic rings. The molecule has 4 nitrogen and oxygen atoms in total. The molecule has 0 saturated heterocycles. The predicted octanol–water partition coefficient (Wildman–Crippen LogP) is 5.38. The third-order valence-electron chi connectivity index (χ3n) is 5.84. The van der Waals surface area contributed by atoms with Crippen molar-refractivity contribution >= 4 is 51.4 Å². The summed E-state index contributed by atoms with van der Waals surface area (Å²) in [7, 11) is 0. The van der Waals surface area contributed by atoms with E-state index in [1.165, 1.54) is 4.46 Å². The Morgan fingerprint density at radius 1 is 0.944 bits per heavy atom. The number of aromatic hydroxyl groups is 1. The Kier molecular flexibility index (Phi) is 7.06. The molecule has 4 aromatic carbocycles. The normalized spacial score (nSPS) is 11.5. The molecule has 0 spiro atoms. The van der Waals surface area contributed by atoms with Crippen molar-refractivity contribution in [1.29, 1.82) is 0 Å². The predicted molar refractivity (Wildman–Crippen MR) is 150 cm³/mol. The first-order valence-electron chi connectivity index (χ1n) is 11.5. The SMILES string of the molecule is Cc1ccc(-n2c(/C=C/C[Se](c3ccccc3)c3ccc(Cl)cc3O)nc3ccccc3c2=O)cc1. The Bertz CT molecular complexity index is 1610. The van der Waals surface area contributed by atoms with Gasteiger partial charge in [0.1, 0.15) is 0 Å². The summed E-state index contributed by atoms with van der Waals surface area (Å²) in [5.41, 5.74) is 2.46. The maximum absolute atomic E-state index is 13.5. The standard InChI is InChI=1S/C30H24ClN2O2Se/c1-21-13-16-23(17-14-21)33-29(32-26-11-6-5-10-25(26)30(33)35)12-7-19-36(24-8-3-2-4-9-24)28-18-15-22(31)20-27(28)34/h2-18,20,34H,19H2,1H3/b12-7+. The Balaban J connectivity index is 1.58. The van der Waals surface area contributed by atoms with Gasteiger partial charge in [-0.25, -0.2) is 0 Å². The van der Waals surface area contributed by atoms with Crippen LogP contribution in [0, 0.1) is 6.92 Å². The van der Waals surface area contributed by atoms with E-state index in [2.05, 4.69) is 18.2 Å². The van der Waals surface area contributed by atoms with Gasteiger partial charge in [-0.3, -0.25) is 0 Å². The number of aryl methyl sites for hydroxylation is 1. The summed E-state index contributed by atoms with van der Waals surface area (Å²) in [6.45, 7) is 2.02. The second kappa shape index (κ2) is 10.5. The third kappa shape index (κ3) is 5.00. The van der Waals surface area contributed by atoms with E-state index in [9.17, 15) is 9.90 Å². The van der Waals surface area contributed by atoms with Gasteiger partial charge in [0.2, 0.25) is 0 Å². The number of fused-ring (bicyclic) bond motifs is 1. The summed E-state index contributed by atoms with van der Waals surface area (Å²) >= 11 is 4.45. The van der Waals surface area contributed by atoms with E-state index in [4.69, 9.17) is 16.6 Å². The van der Waals surface area contributed by atoms with Gasteiger partial charge >= 0.3 is 220 Å². The molecule has 6 heteroatoms. The fraction of sp³-hybridized carbons (Fsp3) is 0.0667. The molecule has 0 bridgehead atoms. The first kappa shape index (κ1) is 24.1. The number of nitrogens with zero attached hydrogens (tertiary/aromatic N) is 2. The van der Waals surface area contributed by atoms with Crippen LogP contribution in [-0.4, -0.2) is 28.6 Å². The van der Waals surface area contributed by atoms with Crippen molar-refractivity contribution in [1.82, 2.24) is 9.55 Å². The molecule has 1 heterocycles. The molecule has 0 amide bonds. The van der Waals surface area contributed by atoms with Crippen LogP contribution in [0.5, 0.6) is 5.75 Å². The molecule has 36 heavy (non-hydrogen) atoms. The quantitative estimate of drug-likeness (QED) is 0.285. The Morgan fingerprint density at radius 3 is 2.42 bits per heavy atom. The Hall–Kier alpha value is -3.63. The third-order valence-corrected chi connectivity index (χ3v) is 10.8. The van der Waals surface area contributed by atoms with Crippen LogP contribution < -0.4 is 14.5 Å². The number of phenolic OH excluding ortho intramolecular Hbond substituents is 1. The first-order chi connectivity index (χ1) is 17.5. The monoisotopic (exact) mass is 559 g/mol. The zero-order valence-corrected chi connectivity index (χ0v) is 22.1. The van der Waals surface area contributed by atoms with Gasteiger partial charge in [0.25, 0.3) is 0 Å². The van der Waals surface area contributed by atoms with Gasteiger partial charge in [0.15, 0.2) is 0 Å². The summed E-state index contributed by atoms with van der Waals surface area (Å²) in [5.74, 6) is 0.784. The number of hydrogen-bond acceptors (Lipinski definition) is 3. The molecule has 0 fully saturated rings. The number of allylic oxidation sites excluding steroid dienone is 1. The van der Waals surface area contributed by atoms with Crippen LogP contribution in [0.4, 0.5) is 0 Å². The van der Waals surface area contributed by atoms with Gasteiger partial charge in [0.05, 0.1) is 0 Å². The Morgan fingerprint density at radius 2 is 1.67 bits per heavy atom. The molecular formula is C30H24ClN2O2Se. The molecule has 0 atom stereocenters. The van der Waals surface area contributed by atoms with E-state index in [0.29, 0.717) is 21.7 Å². The molecule has 1 N–H and O–H groups in total. The van der Waals surface area contributed by atoms with Crippen molar-refractivity contribution < 1.29 is 5.11 Å². The van der Waals surface area contributed by atoms with E-state index in [-0.39, 0.29) is 11.3 Å². The van der Waals surface area contributed by atoms with E-state index < -0.39 is 13.9 Å². The second-order valence-electron chi connectivity index (χ2n) is 8.35. The summed E-state index contributed by atoms with van der Waals surface area (Å²) in [6.07, 6.45) is 3.98. The van der Waals surface area contributed by atoms with Gasteiger partial charge < -0.3 is 0 Å². The van der Waals surface area contributed by atoms with Crippen LogP contribution in [-0.2, 0) is 0 Å². The molecule has 5 aromatic rings. The maximum atomic E-state index is 13.5. The minimum absolute atomic E-state index is 0.102. The molecule has 0 saturated carbocycles. The van der Waals surface area contributed by atoms with Gasteiger partial charge in [0, 0.05) is 0 Å². The average molecular weight is 559 g/mol. The summed E-state index contributed by atoms with van der Waals surface area (Å²) < 4.78 is 3.77. The van der Waals surface area contributed by atoms with E-state index in [0.717, 1.165) is 21.0 Å². The van der Waals surface area contributed by atoms with Crippen LogP contribution in [0.1, 0.15) is 11.4 Å². The van der Waals surface area contributed by atoms with Crippen molar-refractivity contribution in [3.05, 3.63) is 130 Å². The van der Waals surface area contributed by atoms with Crippen molar-refractivity contribution in [3.63, 3.8) is 0 Å². The van der Waals surface area contributed by atoms with Gasteiger partial charge in [-0.05, 0) is 0 Å². The molecular weight excluding hydrogens is 535 g/mol. The molecule has 179 valence electrons. The number of benzene rings is 4. The first-order valence-corrected chi connectivity index (χ1v) is 14.8. The van der Waals surface area contributed by atoms with Crippen LogP contribution in [0.2, 0.25) is 10.3 Å². The van der Waals surface area contributed by atoms with Crippen LogP contribution in [0.15, 0.2) is 108 Å². The van der Waals surface area contributed by atoms with Gasteiger partial charge in [-0.2, -0.15) is 0 Å². The molecule has 1 aromatic heterocycles. The zero-order chi connectivity index (χ0) is 25.1. The minimum atomic E-state index is -1.65. The van der Waals surface area contributed by atoms with E-state index >= 15 is 0 Å². The zero-order valence-electron chi connectivity index (χ0n) is 19.6. The fourth-order valence-corrected chi connectivity index (χ4v) is 8.30. The molecule has 0 aliphatic heterocycles. The van der Waals surface area contributed by atoms with Crippen LogP contribution in [0.25, 0.3) is 22.7 Å². The second-order valence-corrected chi connectivity index (χ2v) is 13.0. The van der Waals surface area contributed by atoms with Crippen molar-refractivity contribution in [3.8, 4) is 11.4 Å². The van der Waals surface area contributed by atoms with Crippen LogP contribution in [0.3, 0.4) is 0 Å². The number of rotatable bonds is 6. The van der Waals surface area contributed by atoms with Crippen molar-refractivity contribution in [2.45, 2.75) is 12.2 Å². The Labute approximate surface area is 219 Å². The summed E-state index contributed by atoms with van der Waals surface area (Å²) in [4.78, 5) is 18.3. The number of phenols is 1. The van der Waals surface area contributed by atoms with Gasteiger partial charge in [-0.15, -0.1) is 0 Å². The van der Waals surface area contributed by atoms with Crippen molar-refractivity contribution in [2.75, 3.05) is 0 Å². The molecule has 0 aliphatic carbocycles. The molecule has 0 unspecified atom stereocenters. The average Bonchev–Trinajstić information content (AvgIpc) is 2.89. The summed E-state index contributed by atoms with van der Waals surface area (Å²) in [6, 6.07) is 30.8. The van der Waals surface area contributed by atoms with Gasteiger partial charge in [-0.1, -0.05) is 0 Å². The van der Waals surface area contributed by atoms with E-state index in [1.54, 1.807) is 10.6 Å². The van der Waals surface area contributed by atoms with Crippen molar-refractivity contribution in [2.24, 2.45) is 0 Å². The number of halogens is 1. The number of hydrogen-bond donors (Lipinski definition) is 1. The summed E-state index contributed by atoms with van der Waals surface area (Å²) in [5, 5.41) is 12.5. The molecule has 5 rings (SSSR count). The number of para-hydroxylation sites is 1. The fourth-order valence-electron chi connectivity index (χ4n) is 4.05. The molecule has 1 radical (unpaired) electrons. The van der Waals surface area contributed by atoms with E-state index in [1.807, 2.05) is 91.9 Å².